The predicted molar refractivity (Wildman–Crippen MR) is 99.7 cm³/mol. The number of fused-ring (bicyclic) bond motifs is 1. The Hall–Kier alpha value is -2.12. The van der Waals surface area contributed by atoms with Crippen LogP contribution >= 0.6 is 11.3 Å². The third-order valence-corrected chi connectivity index (χ3v) is 5.21. The minimum Gasteiger partial charge on any atom is -0.465 e. The first-order chi connectivity index (χ1) is 12.3. The summed E-state index contributed by atoms with van der Waals surface area (Å²) in [7, 11) is 1.37. The molecule has 1 fully saturated rings. The summed E-state index contributed by atoms with van der Waals surface area (Å²) in [6.07, 6.45) is -0.772. The molecule has 0 radical (unpaired) electrons. The van der Waals surface area contributed by atoms with Crippen LogP contribution < -0.4 is 0 Å². The fourth-order valence-electron chi connectivity index (χ4n) is 2.95. The van der Waals surface area contributed by atoms with E-state index in [1.54, 1.807) is 4.90 Å². The second-order valence-electron chi connectivity index (χ2n) is 7.12. The molecule has 1 aliphatic heterocycles. The number of methoxy groups -OCH3 is 1. The standard InChI is InChI=1S/C19H23NO5S/c1-19(2,3)25-18(22)20-9-10-24-13(11-20)15-12-7-5-6-8-14(12)26-16(15)17(21)23-4/h5-8,13H,9-11H2,1-4H3/t13-/m0/s1. The van der Waals surface area contributed by atoms with Gasteiger partial charge in [0.05, 0.1) is 20.3 Å². The molecule has 3 rings (SSSR count). The van der Waals surface area contributed by atoms with Crippen molar-refractivity contribution in [2.24, 2.45) is 0 Å². The summed E-state index contributed by atoms with van der Waals surface area (Å²) in [4.78, 5) is 26.9. The lowest BCUT2D eigenvalue weighted by Crippen LogP contribution is -2.44. The van der Waals surface area contributed by atoms with Crippen molar-refractivity contribution in [2.45, 2.75) is 32.5 Å². The highest BCUT2D eigenvalue weighted by molar-refractivity contribution is 7.21. The van der Waals surface area contributed by atoms with Gasteiger partial charge in [-0.2, -0.15) is 0 Å². The number of thiophene rings is 1. The molecular weight excluding hydrogens is 354 g/mol. The van der Waals surface area contributed by atoms with Crippen LogP contribution in [-0.2, 0) is 14.2 Å². The van der Waals surface area contributed by atoms with Crippen LogP contribution in [0.2, 0.25) is 0 Å². The van der Waals surface area contributed by atoms with Crippen molar-refractivity contribution < 1.29 is 23.8 Å². The van der Waals surface area contributed by atoms with E-state index in [4.69, 9.17) is 14.2 Å². The van der Waals surface area contributed by atoms with Crippen molar-refractivity contribution in [3.05, 3.63) is 34.7 Å². The smallest absolute Gasteiger partial charge is 0.410 e. The van der Waals surface area contributed by atoms with Gasteiger partial charge in [-0.05, 0) is 32.2 Å². The largest absolute Gasteiger partial charge is 0.465 e. The molecule has 0 spiro atoms. The Labute approximate surface area is 156 Å². The Bertz CT molecular complexity index is 823. The third-order valence-electron chi connectivity index (χ3n) is 4.04. The zero-order valence-electron chi connectivity index (χ0n) is 15.4. The van der Waals surface area contributed by atoms with Gasteiger partial charge in [0.15, 0.2) is 0 Å². The van der Waals surface area contributed by atoms with Gasteiger partial charge in [0.2, 0.25) is 0 Å². The van der Waals surface area contributed by atoms with Crippen molar-refractivity contribution in [2.75, 3.05) is 26.8 Å². The summed E-state index contributed by atoms with van der Waals surface area (Å²) >= 11 is 1.38. The Balaban J connectivity index is 1.93. The number of amides is 1. The molecule has 6 nitrogen and oxygen atoms in total. The van der Waals surface area contributed by atoms with Gasteiger partial charge >= 0.3 is 12.1 Å². The quantitative estimate of drug-likeness (QED) is 0.740. The van der Waals surface area contributed by atoms with E-state index in [-0.39, 0.29) is 12.1 Å². The molecular formula is C19H23NO5S. The predicted octanol–water partition coefficient (Wildman–Crippen LogP) is 4.00. The first-order valence-electron chi connectivity index (χ1n) is 8.49. The van der Waals surface area contributed by atoms with E-state index >= 15 is 0 Å². The number of rotatable bonds is 2. The topological polar surface area (TPSA) is 65.1 Å². The van der Waals surface area contributed by atoms with Crippen molar-refractivity contribution >= 4 is 33.5 Å². The molecule has 0 N–H and O–H groups in total. The third kappa shape index (κ3) is 3.83. The molecule has 1 aromatic carbocycles. The second-order valence-corrected chi connectivity index (χ2v) is 8.17. The molecule has 1 aromatic heterocycles. The number of nitrogens with zero attached hydrogens (tertiary/aromatic N) is 1. The maximum absolute atomic E-state index is 12.4. The van der Waals surface area contributed by atoms with E-state index < -0.39 is 11.7 Å². The summed E-state index contributed by atoms with van der Waals surface area (Å²) < 4.78 is 17.3. The molecule has 0 aliphatic carbocycles. The molecule has 2 aromatic rings. The van der Waals surface area contributed by atoms with Gasteiger partial charge < -0.3 is 19.1 Å². The first kappa shape index (κ1) is 18.7. The van der Waals surface area contributed by atoms with Crippen LogP contribution in [-0.4, -0.2) is 49.4 Å². The SMILES string of the molecule is COC(=O)c1sc2ccccc2c1[C@@H]1CN(C(=O)OC(C)(C)C)CCO1. The fraction of sp³-hybridized carbons (Fsp3) is 0.474. The number of hydrogen-bond donors (Lipinski definition) is 0. The number of ether oxygens (including phenoxy) is 3. The van der Waals surface area contributed by atoms with Crippen LogP contribution in [0.25, 0.3) is 10.1 Å². The van der Waals surface area contributed by atoms with Crippen molar-refractivity contribution in [3.63, 3.8) is 0 Å². The van der Waals surface area contributed by atoms with Crippen LogP contribution in [0.1, 0.15) is 42.1 Å². The Morgan fingerprint density at radius 2 is 2.00 bits per heavy atom. The van der Waals surface area contributed by atoms with Crippen molar-refractivity contribution in [3.8, 4) is 0 Å². The molecule has 26 heavy (non-hydrogen) atoms. The average Bonchev–Trinajstić information content (AvgIpc) is 2.99. The maximum atomic E-state index is 12.4. The van der Waals surface area contributed by atoms with Crippen LogP contribution in [0.3, 0.4) is 0 Å². The molecule has 1 saturated heterocycles. The summed E-state index contributed by atoms with van der Waals surface area (Å²) in [5.41, 5.74) is 0.225. The van der Waals surface area contributed by atoms with E-state index in [1.807, 2.05) is 45.0 Å². The van der Waals surface area contributed by atoms with Gasteiger partial charge in [-0.3, -0.25) is 0 Å². The summed E-state index contributed by atoms with van der Waals surface area (Å²) in [5.74, 6) is -0.390. The molecule has 140 valence electrons. The van der Waals surface area contributed by atoms with Crippen molar-refractivity contribution in [1.29, 1.82) is 0 Å². The molecule has 2 heterocycles. The minimum absolute atomic E-state index is 0.333. The van der Waals surface area contributed by atoms with E-state index in [0.717, 1.165) is 15.6 Å². The Morgan fingerprint density at radius 1 is 1.27 bits per heavy atom. The summed E-state index contributed by atoms with van der Waals surface area (Å²) in [6.45, 7) is 6.69. The minimum atomic E-state index is -0.558. The Kier molecular flexibility index (Phi) is 5.20. The van der Waals surface area contributed by atoms with Crippen LogP contribution in [0.15, 0.2) is 24.3 Å². The molecule has 0 unspecified atom stereocenters. The zero-order chi connectivity index (χ0) is 18.9. The van der Waals surface area contributed by atoms with E-state index in [9.17, 15) is 9.59 Å². The number of benzene rings is 1. The lowest BCUT2D eigenvalue weighted by molar-refractivity contribution is -0.0429. The van der Waals surface area contributed by atoms with E-state index in [0.29, 0.717) is 24.6 Å². The molecule has 7 heteroatoms. The second kappa shape index (κ2) is 7.25. The van der Waals surface area contributed by atoms with Gasteiger partial charge in [-0.15, -0.1) is 11.3 Å². The number of morpholine rings is 1. The monoisotopic (exact) mass is 377 g/mol. The van der Waals surface area contributed by atoms with E-state index in [2.05, 4.69) is 0 Å². The molecule has 1 atom stereocenters. The number of carbonyl (C=O) groups is 2. The van der Waals surface area contributed by atoms with E-state index in [1.165, 1.54) is 18.4 Å². The summed E-state index contributed by atoms with van der Waals surface area (Å²) in [6, 6.07) is 7.78. The lowest BCUT2D eigenvalue weighted by atomic mass is 10.0. The van der Waals surface area contributed by atoms with Gasteiger partial charge in [-0.25, -0.2) is 9.59 Å². The van der Waals surface area contributed by atoms with Crippen LogP contribution in [0, 0.1) is 0 Å². The zero-order valence-corrected chi connectivity index (χ0v) is 16.2. The van der Waals surface area contributed by atoms with Crippen LogP contribution in [0.4, 0.5) is 4.79 Å². The fourth-order valence-corrected chi connectivity index (χ4v) is 4.12. The highest BCUT2D eigenvalue weighted by Crippen LogP contribution is 2.38. The number of esters is 1. The highest BCUT2D eigenvalue weighted by atomic mass is 32.1. The molecule has 1 aliphatic rings. The normalized spacial score (nSPS) is 18.0. The number of hydrogen-bond acceptors (Lipinski definition) is 6. The highest BCUT2D eigenvalue weighted by Gasteiger charge is 2.33. The molecule has 0 saturated carbocycles. The average molecular weight is 377 g/mol. The van der Waals surface area contributed by atoms with Gasteiger partial charge in [0.25, 0.3) is 0 Å². The van der Waals surface area contributed by atoms with Gasteiger partial charge in [0, 0.05) is 16.8 Å². The first-order valence-corrected chi connectivity index (χ1v) is 9.31. The lowest BCUT2D eigenvalue weighted by Gasteiger charge is -2.34. The molecule has 1 amide bonds. The Morgan fingerprint density at radius 3 is 2.69 bits per heavy atom. The van der Waals surface area contributed by atoms with Gasteiger partial charge in [-0.1, -0.05) is 18.2 Å². The number of carbonyl (C=O) groups excluding carboxylic acids is 2. The van der Waals surface area contributed by atoms with Crippen LogP contribution in [0.5, 0.6) is 0 Å². The summed E-state index contributed by atoms with van der Waals surface area (Å²) in [5, 5.41) is 0.953. The molecule has 0 bridgehead atoms. The van der Waals surface area contributed by atoms with Gasteiger partial charge in [0.1, 0.15) is 16.6 Å². The van der Waals surface area contributed by atoms with Crippen molar-refractivity contribution in [1.82, 2.24) is 4.90 Å². The maximum Gasteiger partial charge on any atom is 0.410 e.